The van der Waals surface area contributed by atoms with Crippen LogP contribution in [0.25, 0.3) is 0 Å². The van der Waals surface area contributed by atoms with Crippen LogP contribution in [0.4, 0.5) is 14.5 Å². The van der Waals surface area contributed by atoms with Crippen molar-refractivity contribution < 1.29 is 18.4 Å². The van der Waals surface area contributed by atoms with Crippen molar-refractivity contribution in [3.8, 4) is 0 Å². The molecule has 0 unspecified atom stereocenters. The van der Waals surface area contributed by atoms with Crippen molar-refractivity contribution >= 4 is 17.3 Å². The molecule has 0 radical (unpaired) electrons. The smallest absolute Gasteiger partial charge is 0.197 e. The van der Waals surface area contributed by atoms with Crippen LogP contribution in [0.1, 0.15) is 82.5 Å². The number of fused-ring (bicyclic) bond motifs is 2. The van der Waals surface area contributed by atoms with Crippen molar-refractivity contribution in [2.45, 2.75) is 39.5 Å². The van der Waals surface area contributed by atoms with E-state index in [9.17, 15) is 23.3 Å². The first-order chi connectivity index (χ1) is 15.2. The molecule has 0 aromatic heterocycles. The number of rotatable bonds is 3. The highest BCUT2D eigenvalue weighted by Crippen LogP contribution is 2.34. The zero-order chi connectivity index (χ0) is 23.6. The summed E-state index contributed by atoms with van der Waals surface area (Å²) >= 11 is 0. The fourth-order valence-corrected chi connectivity index (χ4v) is 3.76. The minimum absolute atomic E-state index is 0.111. The van der Waals surface area contributed by atoms with Crippen molar-refractivity contribution in [3.05, 3.63) is 105 Å². The SMILES string of the molecule is CC(C)c1cccc(C(C)C)c1N=O.O=C1c2ccccc2C(=O)c2c(F)ccc(F)c21. The maximum absolute atomic E-state index is 13.6. The van der Waals surface area contributed by atoms with Gasteiger partial charge in [-0.05, 0) is 40.3 Å². The third-order valence-electron chi connectivity index (χ3n) is 5.41. The fourth-order valence-electron chi connectivity index (χ4n) is 3.76. The van der Waals surface area contributed by atoms with Gasteiger partial charge in [-0.3, -0.25) is 9.59 Å². The number of ketones is 2. The maximum Gasteiger partial charge on any atom is 0.197 e. The van der Waals surface area contributed by atoms with Crippen LogP contribution >= 0.6 is 0 Å². The van der Waals surface area contributed by atoms with Gasteiger partial charge in [0.2, 0.25) is 0 Å². The van der Waals surface area contributed by atoms with Gasteiger partial charge >= 0.3 is 0 Å². The summed E-state index contributed by atoms with van der Waals surface area (Å²) in [4.78, 5) is 34.9. The lowest BCUT2D eigenvalue weighted by atomic mass is 9.83. The quantitative estimate of drug-likeness (QED) is 0.323. The third-order valence-corrected chi connectivity index (χ3v) is 5.41. The molecule has 0 saturated heterocycles. The number of hydrogen-bond donors (Lipinski definition) is 0. The average Bonchev–Trinajstić information content (AvgIpc) is 2.78. The van der Waals surface area contributed by atoms with Gasteiger partial charge in [0, 0.05) is 11.1 Å². The Bertz CT molecular complexity index is 1130. The van der Waals surface area contributed by atoms with Crippen LogP contribution in [0.2, 0.25) is 0 Å². The second kappa shape index (κ2) is 9.30. The summed E-state index contributed by atoms with van der Waals surface area (Å²) in [7, 11) is 0. The zero-order valence-corrected chi connectivity index (χ0v) is 18.3. The largest absolute Gasteiger partial charge is 0.288 e. The molecule has 1 aliphatic rings. The molecule has 0 atom stereocenters. The number of halogens is 2. The molecule has 4 nitrogen and oxygen atoms in total. The number of nitrogens with zero attached hydrogens (tertiary/aromatic N) is 1. The average molecular weight is 435 g/mol. The van der Waals surface area contributed by atoms with Crippen LogP contribution in [0.3, 0.4) is 0 Å². The molecule has 0 spiro atoms. The molecule has 3 aromatic rings. The first-order valence-electron chi connectivity index (χ1n) is 10.3. The van der Waals surface area contributed by atoms with Crippen LogP contribution in [0.15, 0.2) is 59.8 Å². The van der Waals surface area contributed by atoms with Gasteiger partial charge in [-0.15, -0.1) is 4.91 Å². The van der Waals surface area contributed by atoms with E-state index in [2.05, 4.69) is 32.9 Å². The molecule has 4 rings (SSSR count). The predicted molar refractivity (Wildman–Crippen MR) is 120 cm³/mol. The number of carbonyl (C=O) groups excluding carboxylic acids is 2. The summed E-state index contributed by atoms with van der Waals surface area (Å²) in [5.41, 5.74) is 2.01. The minimum atomic E-state index is -0.876. The highest BCUT2D eigenvalue weighted by Gasteiger charge is 2.34. The van der Waals surface area contributed by atoms with Gasteiger partial charge in [-0.2, -0.15) is 0 Å². The number of nitroso groups, excluding NO2 is 1. The van der Waals surface area contributed by atoms with E-state index >= 15 is 0 Å². The van der Waals surface area contributed by atoms with Gasteiger partial charge in [0.05, 0.1) is 11.1 Å². The second-order valence-electron chi connectivity index (χ2n) is 8.17. The molecule has 32 heavy (non-hydrogen) atoms. The number of benzene rings is 3. The normalized spacial score (nSPS) is 12.2. The summed E-state index contributed by atoms with van der Waals surface area (Å²) in [5, 5.41) is 3.16. The Morgan fingerprint density at radius 1 is 0.656 bits per heavy atom. The van der Waals surface area contributed by atoms with E-state index < -0.39 is 34.3 Å². The van der Waals surface area contributed by atoms with Gasteiger partial charge < -0.3 is 0 Å². The van der Waals surface area contributed by atoms with E-state index in [-0.39, 0.29) is 11.1 Å². The first-order valence-corrected chi connectivity index (χ1v) is 10.3. The molecule has 0 bridgehead atoms. The summed E-state index contributed by atoms with van der Waals surface area (Å²) in [5.74, 6) is -2.37. The van der Waals surface area contributed by atoms with E-state index in [4.69, 9.17) is 0 Å². The summed E-state index contributed by atoms with van der Waals surface area (Å²) < 4.78 is 27.3. The standard InChI is InChI=1S/C14H6F2O2.C12H17NO/c15-9-5-6-10(16)12-11(9)13(17)7-3-1-2-4-8(7)14(12)18;1-8(2)10-6-5-7-11(9(3)4)12(10)13-14/h1-6H;5-9H,1-4H3. The molecule has 1 aliphatic carbocycles. The van der Waals surface area contributed by atoms with Crippen molar-refractivity contribution in [2.75, 3.05) is 0 Å². The molecular weight excluding hydrogens is 412 g/mol. The van der Waals surface area contributed by atoms with E-state index in [1.165, 1.54) is 12.1 Å². The molecular formula is C26H23F2NO3. The zero-order valence-electron chi connectivity index (χ0n) is 18.3. The molecule has 0 saturated carbocycles. The molecule has 0 heterocycles. The highest BCUT2D eigenvalue weighted by molar-refractivity contribution is 6.28. The Labute approximate surface area is 185 Å². The molecule has 3 aromatic carbocycles. The lowest BCUT2D eigenvalue weighted by molar-refractivity contribution is 0.0972. The monoisotopic (exact) mass is 435 g/mol. The second-order valence-corrected chi connectivity index (χ2v) is 8.17. The lowest BCUT2D eigenvalue weighted by Crippen LogP contribution is -2.23. The van der Waals surface area contributed by atoms with Crippen molar-refractivity contribution in [1.29, 1.82) is 0 Å². The van der Waals surface area contributed by atoms with Gasteiger partial charge in [0.15, 0.2) is 11.6 Å². The van der Waals surface area contributed by atoms with Gasteiger partial charge in [0.1, 0.15) is 17.3 Å². The van der Waals surface area contributed by atoms with Crippen LogP contribution in [0.5, 0.6) is 0 Å². The summed E-state index contributed by atoms with van der Waals surface area (Å²) in [6.07, 6.45) is 0. The molecule has 0 N–H and O–H groups in total. The van der Waals surface area contributed by atoms with Crippen LogP contribution in [-0.2, 0) is 0 Å². The number of hydrogen-bond acceptors (Lipinski definition) is 4. The molecule has 0 amide bonds. The van der Waals surface area contributed by atoms with Crippen molar-refractivity contribution in [3.63, 3.8) is 0 Å². The van der Waals surface area contributed by atoms with Crippen LogP contribution < -0.4 is 0 Å². The van der Waals surface area contributed by atoms with Gasteiger partial charge in [0.25, 0.3) is 0 Å². The van der Waals surface area contributed by atoms with E-state index in [0.717, 1.165) is 23.3 Å². The Hall–Kier alpha value is -3.54. The summed E-state index contributed by atoms with van der Waals surface area (Å²) in [6.45, 7) is 8.31. The van der Waals surface area contributed by atoms with E-state index in [0.29, 0.717) is 17.5 Å². The Kier molecular flexibility index (Phi) is 6.72. The maximum atomic E-state index is 13.6. The Morgan fingerprint density at radius 2 is 1.06 bits per heavy atom. The highest BCUT2D eigenvalue weighted by atomic mass is 19.1. The lowest BCUT2D eigenvalue weighted by Gasteiger charge is -2.17. The van der Waals surface area contributed by atoms with Gasteiger partial charge in [-0.1, -0.05) is 70.2 Å². The first kappa shape index (κ1) is 23.1. The molecule has 164 valence electrons. The van der Waals surface area contributed by atoms with E-state index in [1.54, 1.807) is 12.1 Å². The summed E-state index contributed by atoms with van der Waals surface area (Å²) in [6, 6.07) is 13.7. The molecule has 0 fully saturated rings. The minimum Gasteiger partial charge on any atom is -0.288 e. The Morgan fingerprint density at radius 3 is 1.41 bits per heavy atom. The van der Waals surface area contributed by atoms with Crippen molar-refractivity contribution in [2.24, 2.45) is 5.18 Å². The van der Waals surface area contributed by atoms with Crippen LogP contribution in [0, 0.1) is 16.5 Å². The van der Waals surface area contributed by atoms with E-state index in [1.807, 2.05) is 18.2 Å². The third kappa shape index (κ3) is 4.13. The molecule has 6 heteroatoms. The Balaban J connectivity index is 0.000000188. The topological polar surface area (TPSA) is 63.6 Å². The van der Waals surface area contributed by atoms with Crippen molar-refractivity contribution in [1.82, 2.24) is 0 Å². The molecule has 0 aliphatic heterocycles. The number of carbonyl (C=O) groups is 2. The fraction of sp³-hybridized carbons (Fsp3) is 0.231. The predicted octanol–water partition coefficient (Wildman–Crippen LogP) is 7.07. The van der Waals surface area contributed by atoms with Crippen LogP contribution in [-0.4, -0.2) is 11.6 Å². The van der Waals surface area contributed by atoms with Gasteiger partial charge in [-0.25, -0.2) is 8.78 Å².